The lowest BCUT2D eigenvalue weighted by molar-refractivity contribution is -0.143. The third-order valence-electron chi connectivity index (χ3n) is 2.40. The third kappa shape index (κ3) is 3.39. The van der Waals surface area contributed by atoms with Gasteiger partial charge in [0.25, 0.3) is 0 Å². The zero-order chi connectivity index (χ0) is 11.3. The summed E-state index contributed by atoms with van der Waals surface area (Å²) < 4.78 is 9.34. The van der Waals surface area contributed by atoms with Crippen LogP contribution in [0.1, 0.15) is 12.8 Å². The van der Waals surface area contributed by atoms with Crippen LogP contribution in [0.25, 0.3) is 0 Å². The molecule has 1 fully saturated rings. The molecule has 1 amide bonds. The number of amides is 1. The molecule has 1 heterocycles. The van der Waals surface area contributed by atoms with E-state index in [0.717, 1.165) is 0 Å². The molecule has 1 aliphatic rings. The number of rotatable bonds is 3. The Bertz CT molecular complexity index is 235. The molecule has 6 nitrogen and oxygen atoms in total. The van der Waals surface area contributed by atoms with Gasteiger partial charge in [-0.3, -0.25) is 4.79 Å². The molecule has 0 bridgehead atoms. The van der Waals surface area contributed by atoms with Gasteiger partial charge < -0.3 is 19.5 Å². The molecular weight excluding hydrogens is 202 g/mol. The highest BCUT2D eigenvalue weighted by atomic mass is 16.7. The Morgan fingerprint density at radius 3 is 2.47 bits per heavy atom. The first-order valence-corrected chi connectivity index (χ1v) is 4.78. The summed E-state index contributed by atoms with van der Waals surface area (Å²) in [6.45, 7) is 0.788. The number of hydrogen-bond donors (Lipinski definition) is 1. The van der Waals surface area contributed by atoms with Crippen molar-refractivity contribution in [3.05, 3.63) is 0 Å². The van der Waals surface area contributed by atoms with Crippen LogP contribution in [0.5, 0.6) is 0 Å². The summed E-state index contributed by atoms with van der Waals surface area (Å²) >= 11 is 0. The van der Waals surface area contributed by atoms with E-state index in [0.29, 0.717) is 25.9 Å². The van der Waals surface area contributed by atoms with Gasteiger partial charge in [0.15, 0.2) is 6.79 Å². The molecule has 0 aromatic rings. The maximum atomic E-state index is 11.3. The summed E-state index contributed by atoms with van der Waals surface area (Å²) in [5.74, 6) is -1.13. The number of carboxylic acids is 1. The molecule has 1 rings (SSSR count). The summed E-state index contributed by atoms with van der Waals surface area (Å²) in [7, 11) is 1.43. The summed E-state index contributed by atoms with van der Waals surface area (Å²) in [6, 6.07) is 0. The number of likely N-dealkylation sites (tertiary alicyclic amines) is 1. The Kier molecular flexibility index (Phi) is 4.36. The number of methoxy groups -OCH3 is 1. The van der Waals surface area contributed by atoms with Crippen molar-refractivity contribution in [2.75, 3.05) is 27.0 Å². The monoisotopic (exact) mass is 217 g/mol. The number of carboxylic acid groups (broad SMARTS) is 1. The highest BCUT2D eigenvalue weighted by molar-refractivity contribution is 5.71. The van der Waals surface area contributed by atoms with Crippen molar-refractivity contribution in [3.8, 4) is 0 Å². The summed E-state index contributed by atoms with van der Waals surface area (Å²) in [6.07, 6.45) is 0.523. The second kappa shape index (κ2) is 5.55. The quantitative estimate of drug-likeness (QED) is 0.697. The van der Waals surface area contributed by atoms with Crippen LogP contribution < -0.4 is 0 Å². The Morgan fingerprint density at radius 1 is 1.40 bits per heavy atom. The lowest BCUT2D eigenvalue weighted by atomic mass is 9.97. The number of piperidine rings is 1. The number of ether oxygens (including phenoxy) is 2. The average Bonchev–Trinajstić information content (AvgIpc) is 2.26. The van der Waals surface area contributed by atoms with E-state index in [4.69, 9.17) is 9.84 Å². The molecule has 15 heavy (non-hydrogen) atoms. The van der Waals surface area contributed by atoms with Crippen molar-refractivity contribution in [3.63, 3.8) is 0 Å². The van der Waals surface area contributed by atoms with Gasteiger partial charge in [0, 0.05) is 20.2 Å². The molecule has 0 aliphatic carbocycles. The van der Waals surface area contributed by atoms with E-state index in [2.05, 4.69) is 4.74 Å². The minimum atomic E-state index is -0.792. The average molecular weight is 217 g/mol. The first-order chi connectivity index (χ1) is 7.15. The van der Waals surface area contributed by atoms with Crippen LogP contribution in [0.4, 0.5) is 4.79 Å². The summed E-state index contributed by atoms with van der Waals surface area (Å²) in [4.78, 5) is 23.5. The predicted octanol–water partition coefficient (Wildman–Crippen LogP) is 0.523. The van der Waals surface area contributed by atoms with Crippen molar-refractivity contribution in [1.82, 2.24) is 4.90 Å². The molecule has 0 unspecified atom stereocenters. The van der Waals surface area contributed by atoms with Gasteiger partial charge in [-0.1, -0.05) is 0 Å². The van der Waals surface area contributed by atoms with Gasteiger partial charge in [-0.2, -0.15) is 0 Å². The van der Waals surface area contributed by atoms with Crippen LogP contribution in [0.3, 0.4) is 0 Å². The molecule has 0 radical (unpaired) electrons. The third-order valence-corrected chi connectivity index (χ3v) is 2.40. The number of carbonyl (C=O) groups is 2. The van der Waals surface area contributed by atoms with E-state index in [-0.39, 0.29) is 12.7 Å². The molecule has 1 aliphatic heterocycles. The molecule has 1 saturated heterocycles. The van der Waals surface area contributed by atoms with Gasteiger partial charge in [0.05, 0.1) is 5.92 Å². The molecule has 0 spiro atoms. The largest absolute Gasteiger partial charge is 0.481 e. The van der Waals surface area contributed by atoms with Gasteiger partial charge in [0.1, 0.15) is 0 Å². The fourth-order valence-corrected chi connectivity index (χ4v) is 1.51. The van der Waals surface area contributed by atoms with E-state index in [9.17, 15) is 9.59 Å². The van der Waals surface area contributed by atoms with Crippen molar-refractivity contribution in [1.29, 1.82) is 0 Å². The van der Waals surface area contributed by atoms with Crippen molar-refractivity contribution in [2.24, 2.45) is 5.92 Å². The Labute approximate surface area is 87.8 Å². The minimum absolute atomic E-state index is 0.0717. The van der Waals surface area contributed by atoms with Crippen LogP contribution in [0, 0.1) is 5.92 Å². The van der Waals surface area contributed by atoms with Gasteiger partial charge >= 0.3 is 12.1 Å². The summed E-state index contributed by atoms with van der Waals surface area (Å²) in [5.41, 5.74) is 0. The van der Waals surface area contributed by atoms with Crippen LogP contribution in [-0.2, 0) is 14.3 Å². The van der Waals surface area contributed by atoms with Gasteiger partial charge in [-0.05, 0) is 12.8 Å². The molecule has 0 saturated carbocycles. The highest BCUT2D eigenvalue weighted by Crippen LogP contribution is 2.17. The van der Waals surface area contributed by atoms with Crippen LogP contribution in [-0.4, -0.2) is 49.1 Å². The van der Waals surface area contributed by atoms with Gasteiger partial charge in [0.2, 0.25) is 0 Å². The van der Waals surface area contributed by atoms with E-state index in [1.807, 2.05) is 0 Å². The highest BCUT2D eigenvalue weighted by Gasteiger charge is 2.27. The van der Waals surface area contributed by atoms with Crippen LogP contribution in [0.15, 0.2) is 0 Å². The molecular formula is C9H15NO5. The Hall–Kier alpha value is -1.30. The van der Waals surface area contributed by atoms with E-state index < -0.39 is 12.1 Å². The topological polar surface area (TPSA) is 76.1 Å². The van der Waals surface area contributed by atoms with Gasteiger partial charge in [-0.15, -0.1) is 0 Å². The Morgan fingerprint density at radius 2 is 2.00 bits per heavy atom. The smallest absolute Gasteiger partial charge is 0.411 e. The molecule has 0 aromatic heterocycles. The van der Waals surface area contributed by atoms with Crippen molar-refractivity contribution in [2.45, 2.75) is 12.8 Å². The Balaban J connectivity index is 2.30. The lowest BCUT2D eigenvalue weighted by Gasteiger charge is -2.29. The number of carbonyl (C=O) groups excluding carboxylic acids is 1. The first kappa shape index (κ1) is 11.8. The summed E-state index contributed by atoms with van der Waals surface area (Å²) in [5, 5.41) is 8.75. The first-order valence-electron chi connectivity index (χ1n) is 4.78. The second-order valence-electron chi connectivity index (χ2n) is 3.42. The number of aliphatic carboxylic acids is 1. The SMILES string of the molecule is COCOC(=O)N1CCC(C(=O)O)CC1. The maximum absolute atomic E-state index is 11.3. The minimum Gasteiger partial charge on any atom is -0.481 e. The molecule has 0 aromatic carbocycles. The zero-order valence-electron chi connectivity index (χ0n) is 8.64. The van der Waals surface area contributed by atoms with Crippen molar-refractivity contribution < 1.29 is 24.2 Å². The molecule has 0 atom stereocenters. The van der Waals surface area contributed by atoms with Crippen LogP contribution in [0.2, 0.25) is 0 Å². The molecule has 1 N–H and O–H groups in total. The van der Waals surface area contributed by atoms with Gasteiger partial charge in [-0.25, -0.2) is 4.79 Å². The van der Waals surface area contributed by atoms with E-state index >= 15 is 0 Å². The maximum Gasteiger partial charge on any atom is 0.411 e. The van der Waals surface area contributed by atoms with E-state index in [1.165, 1.54) is 12.0 Å². The predicted molar refractivity (Wildman–Crippen MR) is 50.3 cm³/mol. The van der Waals surface area contributed by atoms with Crippen LogP contribution >= 0.6 is 0 Å². The fraction of sp³-hybridized carbons (Fsp3) is 0.778. The number of hydrogen-bond acceptors (Lipinski definition) is 4. The van der Waals surface area contributed by atoms with E-state index in [1.54, 1.807) is 0 Å². The molecule has 6 heteroatoms. The second-order valence-corrected chi connectivity index (χ2v) is 3.42. The number of nitrogens with zero attached hydrogens (tertiary/aromatic N) is 1. The zero-order valence-corrected chi connectivity index (χ0v) is 8.64. The lowest BCUT2D eigenvalue weighted by Crippen LogP contribution is -2.40. The van der Waals surface area contributed by atoms with Crippen molar-refractivity contribution >= 4 is 12.1 Å². The molecule has 86 valence electrons. The standard InChI is InChI=1S/C9H15NO5/c1-14-6-15-9(13)10-4-2-7(3-5-10)8(11)12/h7H,2-6H2,1H3,(H,11,12). The normalized spacial score (nSPS) is 17.5. The fourth-order valence-electron chi connectivity index (χ4n) is 1.51.